The topological polar surface area (TPSA) is 52.0 Å². The average Bonchev–Trinajstić information content (AvgIpc) is 1.38. The van der Waals surface area contributed by atoms with Gasteiger partial charge in [0.25, 0.3) is 0 Å². The van der Waals surface area contributed by atoms with E-state index in [2.05, 4.69) is 0 Å². The zero-order valence-corrected chi connectivity index (χ0v) is 4.44. The van der Waals surface area contributed by atoms with Gasteiger partial charge in [0.15, 0.2) is 0 Å². The Morgan fingerprint density at radius 3 is 1.67 bits per heavy atom. The van der Waals surface area contributed by atoms with Crippen molar-refractivity contribution in [3.05, 3.63) is 0 Å². The van der Waals surface area contributed by atoms with Gasteiger partial charge >= 0.3 is 0 Å². The first-order valence-electron chi connectivity index (χ1n) is 1.78. The van der Waals surface area contributed by atoms with Gasteiger partial charge in [-0.15, -0.1) is 0 Å². The molecule has 4 N–H and O–H groups in total. The minimum absolute atomic E-state index is 0. The second kappa shape index (κ2) is 5.52. The summed E-state index contributed by atoms with van der Waals surface area (Å²) in [7, 11) is 0. The van der Waals surface area contributed by atoms with Crippen LogP contribution >= 0.6 is 0 Å². The van der Waals surface area contributed by atoms with Crippen LogP contribution in [0.2, 0.25) is 0 Å². The molecule has 0 aromatic rings. The van der Waals surface area contributed by atoms with Crippen molar-refractivity contribution in [2.45, 2.75) is 19.5 Å². The first-order valence-corrected chi connectivity index (χ1v) is 1.78. The number of rotatable bonds is 1. The van der Waals surface area contributed by atoms with Crippen molar-refractivity contribution in [1.82, 2.24) is 0 Å². The van der Waals surface area contributed by atoms with Crippen LogP contribution in [0.3, 0.4) is 0 Å². The van der Waals surface area contributed by atoms with E-state index in [9.17, 15) is 0 Å². The van der Waals surface area contributed by atoms with Crippen molar-refractivity contribution in [2.75, 3.05) is 0 Å². The van der Waals surface area contributed by atoms with Crippen molar-refractivity contribution in [3.63, 3.8) is 0 Å². The van der Waals surface area contributed by atoms with Gasteiger partial charge in [0.1, 0.15) is 0 Å². The molecule has 0 bridgehead atoms. The summed E-state index contributed by atoms with van der Waals surface area (Å²) in [6, 6.07) is 0. The standard InChI is InChI=1S/C3H10N2.Li/c1-2-3(4)5;/h3H,2,4-5H2,1H3;. The van der Waals surface area contributed by atoms with Crippen LogP contribution in [0.1, 0.15) is 13.3 Å². The van der Waals surface area contributed by atoms with Crippen LogP contribution in [-0.4, -0.2) is 25.0 Å². The second-order valence-corrected chi connectivity index (χ2v) is 1.07. The number of hydrogen-bond donors (Lipinski definition) is 2. The maximum Gasteiger partial charge on any atom is 0.0518 e. The molecule has 33 valence electrons. The van der Waals surface area contributed by atoms with Crippen molar-refractivity contribution in [2.24, 2.45) is 11.5 Å². The Balaban J connectivity index is 0. The van der Waals surface area contributed by atoms with Gasteiger partial charge in [0, 0.05) is 18.9 Å². The maximum absolute atomic E-state index is 5.07. The van der Waals surface area contributed by atoms with Crippen molar-refractivity contribution >= 4 is 18.9 Å². The van der Waals surface area contributed by atoms with Gasteiger partial charge in [0.2, 0.25) is 0 Å². The Hall–Kier alpha value is 0.517. The summed E-state index contributed by atoms with van der Waals surface area (Å²) in [6.45, 7) is 1.95. The van der Waals surface area contributed by atoms with Crippen LogP contribution in [0, 0.1) is 0 Å². The first kappa shape index (κ1) is 9.72. The summed E-state index contributed by atoms with van der Waals surface area (Å²) >= 11 is 0. The summed E-state index contributed by atoms with van der Waals surface area (Å²) in [6.07, 6.45) is 0.745. The largest absolute Gasteiger partial charge is 0.316 e. The van der Waals surface area contributed by atoms with Gasteiger partial charge in [0.05, 0.1) is 6.17 Å². The van der Waals surface area contributed by atoms with Crippen molar-refractivity contribution < 1.29 is 0 Å². The fourth-order valence-electron chi connectivity index (χ4n) is 0. The molecule has 0 aliphatic carbocycles. The summed E-state index contributed by atoms with van der Waals surface area (Å²) in [5.41, 5.74) is 10.1. The Bertz CT molecular complexity index is 22.8. The van der Waals surface area contributed by atoms with Gasteiger partial charge in [-0.1, -0.05) is 6.92 Å². The molecule has 0 rings (SSSR count). The van der Waals surface area contributed by atoms with Gasteiger partial charge in [-0.2, -0.15) is 0 Å². The minimum Gasteiger partial charge on any atom is -0.316 e. The molecule has 0 aliphatic heterocycles. The van der Waals surface area contributed by atoms with Crippen molar-refractivity contribution in [1.29, 1.82) is 0 Å². The fourth-order valence-corrected chi connectivity index (χ4v) is 0. The quantitative estimate of drug-likeness (QED) is 0.322. The molecule has 0 aromatic carbocycles. The predicted octanol–water partition coefficient (Wildman–Crippen LogP) is -0.741. The molecule has 0 aliphatic rings. The molecule has 0 amide bonds. The van der Waals surface area contributed by atoms with E-state index in [0.29, 0.717) is 0 Å². The minimum atomic E-state index is -0.116. The van der Waals surface area contributed by atoms with Gasteiger partial charge < -0.3 is 11.5 Å². The zero-order chi connectivity index (χ0) is 4.28. The molecule has 0 saturated carbocycles. The monoisotopic (exact) mass is 81.1 g/mol. The summed E-state index contributed by atoms with van der Waals surface area (Å²) < 4.78 is 0. The molecule has 1 radical (unpaired) electrons. The molecule has 0 saturated heterocycles. The molecule has 0 heterocycles. The van der Waals surface area contributed by atoms with E-state index in [-0.39, 0.29) is 25.0 Å². The van der Waals surface area contributed by atoms with Crippen LogP contribution in [-0.2, 0) is 0 Å². The second-order valence-electron chi connectivity index (χ2n) is 1.07. The molecule has 3 heteroatoms. The summed E-state index contributed by atoms with van der Waals surface area (Å²) in [5, 5.41) is 0. The predicted molar refractivity (Wildman–Crippen MR) is 28.2 cm³/mol. The van der Waals surface area contributed by atoms with Crippen molar-refractivity contribution in [3.8, 4) is 0 Å². The molecule has 0 aromatic heterocycles. The molecule has 0 spiro atoms. The normalized spacial score (nSPS) is 8.00. The van der Waals surface area contributed by atoms with E-state index in [4.69, 9.17) is 11.5 Å². The van der Waals surface area contributed by atoms with E-state index in [1.165, 1.54) is 0 Å². The third kappa shape index (κ3) is 8.82. The van der Waals surface area contributed by atoms with Gasteiger partial charge in [-0.25, -0.2) is 0 Å². The maximum atomic E-state index is 5.07. The van der Waals surface area contributed by atoms with E-state index < -0.39 is 0 Å². The van der Waals surface area contributed by atoms with Gasteiger partial charge in [-0.05, 0) is 6.42 Å². The molecule has 0 fully saturated rings. The zero-order valence-electron chi connectivity index (χ0n) is 4.44. The van der Waals surface area contributed by atoms with E-state index in [1.54, 1.807) is 0 Å². The molecule has 2 nitrogen and oxygen atoms in total. The number of nitrogens with two attached hydrogens (primary N) is 2. The molecule has 6 heavy (non-hydrogen) atoms. The van der Waals surface area contributed by atoms with Crippen LogP contribution < -0.4 is 11.5 Å². The Morgan fingerprint density at radius 1 is 1.50 bits per heavy atom. The summed E-state index contributed by atoms with van der Waals surface area (Å²) in [5.74, 6) is 0. The fraction of sp³-hybridized carbons (Fsp3) is 1.00. The van der Waals surface area contributed by atoms with E-state index in [1.807, 2.05) is 6.92 Å². The third-order valence-electron chi connectivity index (χ3n) is 0.471. The number of hydrogen-bond acceptors (Lipinski definition) is 2. The Kier molecular flexibility index (Phi) is 8.94. The summed E-state index contributed by atoms with van der Waals surface area (Å²) in [4.78, 5) is 0. The molecule has 0 unspecified atom stereocenters. The first-order chi connectivity index (χ1) is 2.27. The van der Waals surface area contributed by atoms with Crippen LogP contribution in [0.25, 0.3) is 0 Å². The smallest absolute Gasteiger partial charge is 0.0518 e. The SMILES string of the molecule is CCC(N)N.[Li]. The van der Waals surface area contributed by atoms with Gasteiger partial charge in [-0.3, -0.25) is 0 Å². The van der Waals surface area contributed by atoms with Crippen LogP contribution in [0.5, 0.6) is 0 Å². The molecular weight excluding hydrogens is 71.0 g/mol. The molecule has 0 atom stereocenters. The van der Waals surface area contributed by atoms with Crippen LogP contribution in [0.15, 0.2) is 0 Å². The Morgan fingerprint density at radius 2 is 1.67 bits per heavy atom. The van der Waals surface area contributed by atoms with Crippen LogP contribution in [0.4, 0.5) is 0 Å². The molecular formula is C3H10LiN2. The van der Waals surface area contributed by atoms with E-state index in [0.717, 1.165) is 6.42 Å². The van der Waals surface area contributed by atoms with E-state index >= 15 is 0 Å². The average molecular weight is 81.1 g/mol. The Labute approximate surface area is 50.4 Å². The third-order valence-corrected chi connectivity index (χ3v) is 0.471.